The summed E-state index contributed by atoms with van der Waals surface area (Å²) in [6.45, 7) is 8.23. The fourth-order valence-electron chi connectivity index (χ4n) is 6.24. The molecule has 1 N–H and O–H groups in total. The summed E-state index contributed by atoms with van der Waals surface area (Å²) in [5.74, 6) is -1.51. The van der Waals surface area contributed by atoms with Gasteiger partial charge in [0.25, 0.3) is 0 Å². The maximum Gasteiger partial charge on any atom is 0.331 e. The van der Waals surface area contributed by atoms with E-state index in [2.05, 4.69) is 13.8 Å². The van der Waals surface area contributed by atoms with E-state index >= 15 is 0 Å². The number of carboxylic acids is 1. The summed E-state index contributed by atoms with van der Waals surface area (Å²) in [5.41, 5.74) is 0.326. The predicted molar refractivity (Wildman–Crippen MR) is 102 cm³/mol. The molecule has 2 aliphatic carbocycles. The lowest BCUT2D eigenvalue weighted by Crippen LogP contribution is -2.61. The lowest BCUT2D eigenvalue weighted by molar-refractivity contribution is -0.208. The number of hydrogen-bond donors (Lipinski definition) is 1. The Morgan fingerprint density at radius 1 is 1.32 bits per heavy atom. The second-order valence-electron chi connectivity index (χ2n) is 9.39. The zero-order valence-corrected chi connectivity index (χ0v) is 17.3. The number of ether oxygens (including phenoxy) is 2. The van der Waals surface area contributed by atoms with Gasteiger partial charge in [-0.1, -0.05) is 27.2 Å². The van der Waals surface area contributed by atoms with Crippen molar-refractivity contribution in [2.24, 2.45) is 28.6 Å². The average molecular weight is 392 g/mol. The fourth-order valence-corrected chi connectivity index (χ4v) is 6.24. The van der Waals surface area contributed by atoms with Crippen LogP contribution >= 0.6 is 0 Å². The predicted octanol–water partition coefficient (Wildman–Crippen LogP) is 3.73. The molecule has 156 valence electrons. The Morgan fingerprint density at radius 2 is 2.04 bits per heavy atom. The monoisotopic (exact) mass is 392 g/mol. The minimum atomic E-state index is -0.793. The summed E-state index contributed by atoms with van der Waals surface area (Å²) in [7, 11) is 0. The largest absolute Gasteiger partial charge is 0.481 e. The number of fused-ring (bicyclic) bond motifs is 1. The standard InChI is InChI=1S/C22H32O6/c1-13-10-18(28-14(2)23)22(4)16(20(25)26)6-5-7-17(22)21(13,3)9-8-15-11-19(24)27-12-15/h11,13,16-18H,5-10,12H2,1-4H3,(H,25,26)/t13-,16+,17-,18+,21+,22+/m1/s1. The fraction of sp³-hybridized carbons (Fsp3) is 0.773. The molecular formula is C22H32O6. The van der Waals surface area contributed by atoms with Crippen molar-refractivity contribution < 1.29 is 29.0 Å². The lowest BCUT2D eigenvalue weighted by Gasteiger charge is -2.62. The Labute approximate surface area is 166 Å². The number of esters is 2. The third-order valence-corrected chi connectivity index (χ3v) is 7.98. The first-order chi connectivity index (χ1) is 13.1. The van der Waals surface area contributed by atoms with Crippen molar-refractivity contribution in [3.8, 4) is 0 Å². The van der Waals surface area contributed by atoms with Crippen LogP contribution in [0.4, 0.5) is 0 Å². The molecule has 1 aliphatic heterocycles. The van der Waals surface area contributed by atoms with Crippen molar-refractivity contribution in [3.05, 3.63) is 11.6 Å². The highest BCUT2D eigenvalue weighted by Crippen LogP contribution is 2.64. The Kier molecular flexibility index (Phi) is 5.61. The van der Waals surface area contributed by atoms with Crippen LogP contribution in [0.2, 0.25) is 0 Å². The molecule has 3 aliphatic rings. The van der Waals surface area contributed by atoms with Crippen LogP contribution in [-0.4, -0.2) is 35.7 Å². The van der Waals surface area contributed by atoms with E-state index in [4.69, 9.17) is 9.47 Å². The second-order valence-corrected chi connectivity index (χ2v) is 9.39. The van der Waals surface area contributed by atoms with Gasteiger partial charge in [0.2, 0.25) is 0 Å². The van der Waals surface area contributed by atoms with Crippen LogP contribution in [-0.2, 0) is 23.9 Å². The quantitative estimate of drug-likeness (QED) is 0.717. The van der Waals surface area contributed by atoms with Crippen LogP contribution < -0.4 is 0 Å². The summed E-state index contributed by atoms with van der Waals surface area (Å²) in [6, 6.07) is 0. The molecule has 0 aromatic heterocycles. The van der Waals surface area contributed by atoms with Crippen molar-refractivity contribution in [1.29, 1.82) is 0 Å². The van der Waals surface area contributed by atoms with E-state index in [1.54, 1.807) is 6.08 Å². The maximum absolute atomic E-state index is 12.1. The zero-order chi connectivity index (χ0) is 20.7. The first kappa shape index (κ1) is 20.9. The third-order valence-electron chi connectivity index (χ3n) is 7.98. The highest BCUT2D eigenvalue weighted by molar-refractivity contribution is 5.85. The number of rotatable bonds is 5. The molecule has 0 amide bonds. The van der Waals surface area contributed by atoms with Crippen LogP contribution in [0.15, 0.2) is 11.6 Å². The number of carbonyl (C=O) groups is 3. The van der Waals surface area contributed by atoms with Gasteiger partial charge in [-0.3, -0.25) is 9.59 Å². The minimum Gasteiger partial charge on any atom is -0.481 e. The molecule has 0 spiro atoms. The lowest BCUT2D eigenvalue weighted by atomic mass is 9.43. The zero-order valence-electron chi connectivity index (χ0n) is 17.3. The van der Waals surface area contributed by atoms with Gasteiger partial charge in [0.05, 0.1) is 5.92 Å². The minimum absolute atomic E-state index is 0.0913. The molecule has 3 rings (SSSR count). The van der Waals surface area contributed by atoms with Crippen LogP contribution in [0.1, 0.15) is 66.2 Å². The molecule has 0 saturated heterocycles. The van der Waals surface area contributed by atoms with E-state index in [0.717, 1.165) is 31.3 Å². The van der Waals surface area contributed by atoms with E-state index in [1.807, 2.05) is 6.92 Å². The molecular weight excluding hydrogens is 360 g/mol. The Morgan fingerprint density at radius 3 is 2.61 bits per heavy atom. The normalized spacial score (nSPS) is 40.3. The number of cyclic esters (lactones) is 1. The third kappa shape index (κ3) is 3.46. The summed E-state index contributed by atoms with van der Waals surface area (Å²) < 4.78 is 10.8. The van der Waals surface area contributed by atoms with Crippen LogP contribution in [0.25, 0.3) is 0 Å². The van der Waals surface area contributed by atoms with E-state index < -0.39 is 17.3 Å². The van der Waals surface area contributed by atoms with Gasteiger partial charge >= 0.3 is 17.9 Å². The molecule has 0 radical (unpaired) electrons. The van der Waals surface area contributed by atoms with E-state index in [0.29, 0.717) is 19.4 Å². The summed E-state index contributed by atoms with van der Waals surface area (Å²) in [6.07, 6.45) is 5.95. The summed E-state index contributed by atoms with van der Waals surface area (Å²) >= 11 is 0. The number of aliphatic carboxylic acids is 1. The first-order valence-electron chi connectivity index (χ1n) is 10.3. The maximum atomic E-state index is 12.1. The molecule has 0 aromatic rings. The molecule has 1 heterocycles. The second kappa shape index (κ2) is 7.53. The van der Waals surface area contributed by atoms with Gasteiger partial charge in [0.1, 0.15) is 12.7 Å². The van der Waals surface area contributed by atoms with Crippen molar-refractivity contribution in [1.82, 2.24) is 0 Å². The van der Waals surface area contributed by atoms with Gasteiger partial charge in [-0.15, -0.1) is 0 Å². The van der Waals surface area contributed by atoms with E-state index in [9.17, 15) is 19.5 Å². The van der Waals surface area contributed by atoms with Gasteiger partial charge in [-0.05, 0) is 54.9 Å². The number of carboxylic acid groups (broad SMARTS) is 1. The molecule has 6 nitrogen and oxygen atoms in total. The van der Waals surface area contributed by atoms with Gasteiger partial charge in [0.15, 0.2) is 0 Å². The van der Waals surface area contributed by atoms with Crippen LogP contribution in [0.5, 0.6) is 0 Å². The molecule has 6 heteroatoms. The topological polar surface area (TPSA) is 89.9 Å². The molecule has 0 bridgehead atoms. The van der Waals surface area contributed by atoms with Crippen LogP contribution in [0, 0.1) is 28.6 Å². The van der Waals surface area contributed by atoms with Gasteiger partial charge in [-0.2, -0.15) is 0 Å². The molecule has 0 aromatic carbocycles. The summed E-state index contributed by atoms with van der Waals surface area (Å²) in [5, 5.41) is 9.96. The first-order valence-corrected chi connectivity index (χ1v) is 10.3. The van der Waals surface area contributed by atoms with E-state index in [1.165, 1.54) is 6.92 Å². The highest BCUT2D eigenvalue weighted by atomic mass is 16.5. The van der Waals surface area contributed by atoms with Gasteiger partial charge < -0.3 is 14.6 Å². The molecule has 28 heavy (non-hydrogen) atoms. The van der Waals surface area contributed by atoms with Gasteiger partial charge in [0, 0.05) is 18.4 Å². The number of hydrogen-bond acceptors (Lipinski definition) is 5. The number of carbonyl (C=O) groups excluding carboxylic acids is 2. The Bertz CT molecular complexity index is 697. The van der Waals surface area contributed by atoms with Crippen molar-refractivity contribution >= 4 is 17.9 Å². The molecule has 6 atom stereocenters. The SMILES string of the molecule is CC(=O)O[C@H]1C[C@@H](C)[C@](C)(CCC2=CC(=O)OC2)[C@H]2CCC[C@@H](C(=O)O)[C@]12C. The average Bonchev–Trinajstić information content (AvgIpc) is 3.03. The van der Waals surface area contributed by atoms with E-state index in [-0.39, 0.29) is 35.3 Å². The van der Waals surface area contributed by atoms with Gasteiger partial charge in [-0.25, -0.2) is 4.79 Å². The Balaban J connectivity index is 1.93. The summed E-state index contributed by atoms with van der Waals surface area (Å²) in [4.78, 5) is 35.3. The Hall–Kier alpha value is -1.85. The van der Waals surface area contributed by atoms with Crippen LogP contribution in [0.3, 0.4) is 0 Å². The molecule has 0 unspecified atom stereocenters. The van der Waals surface area contributed by atoms with Crippen molar-refractivity contribution in [2.75, 3.05) is 6.61 Å². The van der Waals surface area contributed by atoms with Crippen molar-refractivity contribution in [3.63, 3.8) is 0 Å². The molecule has 2 fully saturated rings. The molecule has 2 saturated carbocycles. The smallest absolute Gasteiger partial charge is 0.331 e. The van der Waals surface area contributed by atoms with Crippen molar-refractivity contribution in [2.45, 2.75) is 72.3 Å². The highest BCUT2D eigenvalue weighted by Gasteiger charge is 2.62.